The SMILES string of the molecule is CC[C@H](C)[C@H](N)C(=O)OC(C)(C)C.O=S(=O)(NS(=O)(=O)c1ccccc1)c1ccccc1. The molecule has 0 aliphatic rings. The van der Waals surface area contributed by atoms with E-state index in [1.165, 1.54) is 48.5 Å². The van der Waals surface area contributed by atoms with E-state index in [4.69, 9.17) is 10.5 Å². The molecule has 0 aliphatic heterocycles. The molecule has 0 heterocycles. The maximum atomic E-state index is 11.9. The van der Waals surface area contributed by atoms with Crippen LogP contribution in [-0.2, 0) is 29.6 Å². The van der Waals surface area contributed by atoms with Crippen LogP contribution in [0.4, 0.5) is 0 Å². The number of esters is 1. The van der Waals surface area contributed by atoms with Gasteiger partial charge in [0, 0.05) is 0 Å². The average molecular weight is 485 g/mol. The molecule has 0 fully saturated rings. The maximum Gasteiger partial charge on any atom is 0.323 e. The zero-order valence-corrected chi connectivity index (χ0v) is 20.6. The van der Waals surface area contributed by atoms with Crippen molar-refractivity contribution in [2.24, 2.45) is 11.7 Å². The summed E-state index contributed by atoms with van der Waals surface area (Å²) in [5, 5.41) is 0. The molecule has 2 aromatic carbocycles. The smallest absolute Gasteiger partial charge is 0.323 e. The summed E-state index contributed by atoms with van der Waals surface area (Å²) >= 11 is 0. The maximum absolute atomic E-state index is 11.9. The Labute approximate surface area is 191 Å². The minimum absolute atomic E-state index is 0.102. The van der Waals surface area contributed by atoms with E-state index in [2.05, 4.69) is 0 Å². The van der Waals surface area contributed by atoms with E-state index < -0.39 is 31.7 Å². The average Bonchev–Trinajstić information content (AvgIpc) is 2.72. The van der Waals surface area contributed by atoms with Crippen LogP contribution in [0.3, 0.4) is 0 Å². The van der Waals surface area contributed by atoms with Gasteiger partial charge in [-0.2, -0.15) is 0 Å². The van der Waals surface area contributed by atoms with Crippen LogP contribution >= 0.6 is 0 Å². The van der Waals surface area contributed by atoms with Gasteiger partial charge in [0.25, 0.3) is 20.0 Å². The summed E-state index contributed by atoms with van der Waals surface area (Å²) in [6.45, 7) is 9.49. The number of nitrogens with two attached hydrogens (primary N) is 1. The Morgan fingerprint density at radius 2 is 1.28 bits per heavy atom. The van der Waals surface area contributed by atoms with Crippen molar-refractivity contribution in [2.75, 3.05) is 0 Å². The van der Waals surface area contributed by atoms with Gasteiger partial charge in [0.15, 0.2) is 0 Å². The highest BCUT2D eigenvalue weighted by atomic mass is 32.3. The van der Waals surface area contributed by atoms with E-state index in [1.807, 2.05) is 34.6 Å². The molecule has 3 N–H and O–H groups in total. The van der Waals surface area contributed by atoms with Crippen molar-refractivity contribution in [3.05, 3.63) is 60.7 Å². The van der Waals surface area contributed by atoms with Crippen LogP contribution in [0.2, 0.25) is 0 Å². The largest absolute Gasteiger partial charge is 0.459 e. The van der Waals surface area contributed by atoms with Crippen LogP contribution in [0.25, 0.3) is 0 Å². The molecule has 8 nitrogen and oxygen atoms in total. The van der Waals surface area contributed by atoms with E-state index in [0.29, 0.717) is 0 Å². The zero-order chi connectivity index (χ0) is 24.6. The molecule has 0 saturated heterocycles. The number of rotatable bonds is 7. The van der Waals surface area contributed by atoms with Crippen LogP contribution < -0.4 is 9.86 Å². The van der Waals surface area contributed by atoms with Crippen LogP contribution in [0, 0.1) is 5.92 Å². The van der Waals surface area contributed by atoms with E-state index in [0.717, 1.165) is 6.42 Å². The van der Waals surface area contributed by atoms with Gasteiger partial charge in [0.05, 0.1) is 9.79 Å². The van der Waals surface area contributed by atoms with Gasteiger partial charge < -0.3 is 10.5 Å². The Balaban J connectivity index is 0.000000347. The lowest BCUT2D eigenvalue weighted by atomic mass is 10.00. The van der Waals surface area contributed by atoms with E-state index in [-0.39, 0.29) is 21.7 Å². The normalized spacial score (nSPS) is 13.9. The fourth-order valence-electron chi connectivity index (χ4n) is 2.30. The highest BCUT2D eigenvalue weighted by Gasteiger charge is 2.25. The number of carbonyl (C=O) groups excluding carboxylic acids is 1. The molecule has 0 aromatic heterocycles. The van der Waals surface area contributed by atoms with Crippen molar-refractivity contribution in [1.29, 1.82) is 0 Å². The summed E-state index contributed by atoms with van der Waals surface area (Å²) in [5.74, 6) is -0.128. The van der Waals surface area contributed by atoms with Crippen LogP contribution in [0.1, 0.15) is 41.0 Å². The van der Waals surface area contributed by atoms with Crippen molar-refractivity contribution in [2.45, 2.75) is 62.5 Å². The molecule has 2 aromatic rings. The number of benzene rings is 2. The van der Waals surface area contributed by atoms with Crippen LogP contribution in [0.5, 0.6) is 0 Å². The topological polar surface area (TPSA) is 133 Å². The van der Waals surface area contributed by atoms with Gasteiger partial charge in [0.2, 0.25) is 0 Å². The zero-order valence-electron chi connectivity index (χ0n) is 19.0. The molecular formula is C22H32N2O6S2. The number of hydrogen-bond acceptors (Lipinski definition) is 7. The lowest BCUT2D eigenvalue weighted by Gasteiger charge is -2.24. The van der Waals surface area contributed by atoms with Gasteiger partial charge in [-0.25, -0.2) is 16.8 Å². The third kappa shape index (κ3) is 9.07. The molecule has 10 heteroatoms. The first-order valence-corrected chi connectivity index (χ1v) is 13.0. The molecule has 0 unspecified atom stereocenters. The lowest BCUT2D eigenvalue weighted by Crippen LogP contribution is -2.41. The molecule has 178 valence electrons. The second-order valence-corrected chi connectivity index (χ2v) is 11.8. The summed E-state index contributed by atoms with van der Waals surface area (Å²) in [6.07, 6.45) is 0.889. The Morgan fingerprint density at radius 1 is 0.906 bits per heavy atom. The van der Waals surface area contributed by atoms with Crippen molar-refractivity contribution < 1.29 is 26.4 Å². The highest BCUT2D eigenvalue weighted by Crippen LogP contribution is 2.14. The Bertz CT molecular complexity index is 997. The third-order valence-corrected chi connectivity index (χ3v) is 7.80. The number of nitrogens with one attached hydrogen (secondary N) is 1. The van der Waals surface area contributed by atoms with Gasteiger partial charge >= 0.3 is 5.97 Å². The summed E-state index contributed by atoms with van der Waals surface area (Å²) in [4.78, 5) is 11.2. The lowest BCUT2D eigenvalue weighted by molar-refractivity contribution is -0.157. The van der Waals surface area contributed by atoms with Crippen LogP contribution in [0.15, 0.2) is 70.5 Å². The molecule has 32 heavy (non-hydrogen) atoms. The minimum Gasteiger partial charge on any atom is -0.459 e. The van der Waals surface area contributed by atoms with Crippen LogP contribution in [-0.4, -0.2) is 34.4 Å². The monoisotopic (exact) mass is 484 g/mol. The van der Waals surface area contributed by atoms with Crippen molar-refractivity contribution in [3.63, 3.8) is 0 Å². The van der Waals surface area contributed by atoms with Gasteiger partial charge in [-0.1, -0.05) is 56.7 Å². The third-order valence-electron chi connectivity index (χ3n) is 4.26. The predicted octanol–water partition coefficient (Wildman–Crippen LogP) is 3.06. The first-order valence-electron chi connectivity index (χ1n) is 10.1. The predicted molar refractivity (Wildman–Crippen MR) is 124 cm³/mol. The van der Waals surface area contributed by atoms with Gasteiger partial charge in [0.1, 0.15) is 11.6 Å². The van der Waals surface area contributed by atoms with E-state index >= 15 is 0 Å². The molecule has 0 bridgehead atoms. The number of carbonyl (C=O) groups is 1. The van der Waals surface area contributed by atoms with Crippen molar-refractivity contribution >= 4 is 26.0 Å². The van der Waals surface area contributed by atoms with Gasteiger partial charge in [-0.05, 0) is 51.0 Å². The number of hydrogen-bond donors (Lipinski definition) is 2. The molecule has 2 rings (SSSR count). The van der Waals surface area contributed by atoms with E-state index in [9.17, 15) is 21.6 Å². The Hall–Kier alpha value is -2.27. The quantitative estimate of drug-likeness (QED) is 0.577. The van der Waals surface area contributed by atoms with Gasteiger partial charge in [-0.3, -0.25) is 4.79 Å². The Morgan fingerprint density at radius 3 is 1.59 bits per heavy atom. The second-order valence-electron chi connectivity index (χ2n) is 8.16. The van der Waals surface area contributed by atoms with E-state index in [1.54, 1.807) is 16.3 Å². The fraction of sp³-hybridized carbons (Fsp3) is 0.409. The first kappa shape index (κ1) is 27.8. The summed E-state index contributed by atoms with van der Waals surface area (Å²) < 4.78 is 54.6. The first-order chi connectivity index (χ1) is 14.7. The standard InChI is InChI=1S/C12H11NO4S2.C10H21NO2/c14-18(15,11-7-3-1-4-8-11)13-19(16,17)12-9-5-2-6-10-12;1-6-7(2)8(11)9(12)13-10(3,4)5/h1-10,13H;7-8H,6,11H2,1-5H3/t;7-,8-/m.0/s1. The molecule has 0 aliphatic carbocycles. The summed E-state index contributed by atoms with van der Waals surface area (Å²) in [7, 11) is -8.21. The second kappa shape index (κ2) is 11.6. The number of sulfonamides is 2. The van der Waals surface area contributed by atoms with Gasteiger partial charge in [-0.15, -0.1) is 4.13 Å². The van der Waals surface area contributed by atoms with Crippen molar-refractivity contribution in [3.8, 4) is 0 Å². The molecule has 0 radical (unpaired) electrons. The molecule has 0 saturated carbocycles. The fourth-order valence-corrected chi connectivity index (χ4v) is 5.25. The highest BCUT2D eigenvalue weighted by molar-refractivity contribution is 8.04. The molecule has 0 spiro atoms. The molecular weight excluding hydrogens is 452 g/mol. The summed E-state index contributed by atoms with van der Waals surface area (Å²) in [5.41, 5.74) is 5.26. The van der Waals surface area contributed by atoms with Crippen molar-refractivity contribution in [1.82, 2.24) is 4.13 Å². The molecule has 0 amide bonds. The minimum atomic E-state index is -4.10. The Kier molecular flexibility index (Phi) is 10.0. The summed E-state index contributed by atoms with van der Waals surface area (Å²) in [6, 6.07) is 14.2. The molecule has 2 atom stereocenters. The number of ether oxygens (including phenoxy) is 1.